The molecule has 0 amide bonds. The second kappa shape index (κ2) is 6.53. The number of halogens is 1. The maximum atomic E-state index is 5.92. The number of nitrogens with zero attached hydrogens (tertiary/aromatic N) is 2. The average molecular weight is 288 g/mol. The van der Waals surface area contributed by atoms with Crippen molar-refractivity contribution in [3.05, 3.63) is 59.3 Å². The second-order valence-electron chi connectivity index (χ2n) is 4.74. The van der Waals surface area contributed by atoms with Crippen molar-refractivity contribution in [1.82, 2.24) is 10.2 Å². The number of aromatic nitrogens is 2. The Morgan fingerprint density at radius 1 is 1.20 bits per heavy atom. The van der Waals surface area contributed by atoms with Crippen LogP contribution in [0.3, 0.4) is 0 Å². The van der Waals surface area contributed by atoms with Gasteiger partial charge in [-0.3, -0.25) is 0 Å². The van der Waals surface area contributed by atoms with E-state index in [2.05, 4.69) is 29.0 Å². The Hall–Kier alpha value is -1.87. The van der Waals surface area contributed by atoms with Crippen LogP contribution < -0.4 is 5.32 Å². The Bertz CT molecular complexity index is 576. The molecule has 0 aliphatic rings. The normalized spacial score (nSPS) is 11.9. The Kier molecular flexibility index (Phi) is 4.74. The van der Waals surface area contributed by atoms with E-state index in [0.29, 0.717) is 0 Å². The van der Waals surface area contributed by atoms with Crippen molar-refractivity contribution < 1.29 is 0 Å². The van der Waals surface area contributed by atoms with Gasteiger partial charge < -0.3 is 5.32 Å². The smallest absolute Gasteiger partial charge is 0.149 e. The van der Waals surface area contributed by atoms with Gasteiger partial charge in [-0.2, -0.15) is 0 Å². The second-order valence-corrected chi connectivity index (χ2v) is 5.18. The van der Waals surface area contributed by atoms with Gasteiger partial charge in [-0.05, 0) is 48.7 Å². The summed E-state index contributed by atoms with van der Waals surface area (Å²) < 4.78 is 0. The Labute approximate surface area is 124 Å². The van der Waals surface area contributed by atoms with Crippen LogP contribution in [-0.2, 0) is 0 Å². The molecule has 0 aliphatic heterocycles. The summed E-state index contributed by atoms with van der Waals surface area (Å²) in [6.07, 6.45) is 0.950. The van der Waals surface area contributed by atoms with Crippen LogP contribution in [0.15, 0.2) is 43.0 Å². The molecule has 4 heteroatoms. The van der Waals surface area contributed by atoms with Gasteiger partial charge in [0.15, 0.2) is 0 Å². The van der Waals surface area contributed by atoms with Gasteiger partial charge in [-0.25, -0.2) is 0 Å². The Morgan fingerprint density at radius 3 is 2.40 bits per heavy atom. The van der Waals surface area contributed by atoms with Crippen LogP contribution in [0.25, 0.3) is 5.57 Å². The van der Waals surface area contributed by atoms with Crippen LogP contribution in [0.4, 0.5) is 5.82 Å². The monoisotopic (exact) mass is 287 g/mol. The van der Waals surface area contributed by atoms with Crippen molar-refractivity contribution in [3.8, 4) is 0 Å². The Morgan fingerprint density at radius 2 is 1.90 bits per heavy atom. The molecule has 3 nitrogen and oxygen atoms in total. The molecule has 20 heavy (non-hydrogen) atoms. The van der Waals surface area contributed by atoms with E-state index >= 15 is 0 Å². The molecular weight excluding hydrogens is 270 g/mol. The number of hydrogen-bond donors (Lipinski definition) is 1. The molecule has 1 atom stereocenters. The molecule has 1 aromatic heterocycles. The summed E-state index contributed by atoms with van der Waals surface area (Å²) in [5.41, 5.74) is 2.91. The van der Waals surface area contributed by atoms with Crippen LogP contribution >= 0.6 is 11.6 Å². The van der Waals surface area contributed by atoms with Gasteiger partial charge in [-0.1, -0.05) is 37.2 Å². The van der Waals surface area contributed by atoms with E-state index in [1.807, 2.05) is 43.3 Å². The van der Waals surface area contributed by atoms with E-state index in [1.165, 1.54) is 5.56 Å². The summed E-state index contributed by atoms with van der Waals surface area (Å²) >= 11 is 5.92. The van der Waals surface area contributed by atoms with Crippen molar-refractivity contribution in [2.24, 2.45) is 0 Å². The van der Waals surface area contributed by atoms with E-state index in [9.17, 15) is 0 Å². The molecule has 0 unspecified atom stereocenters. The number of allylic oxidation sites excluding steroid dienone is 1. The predicted octanol–water partition coefficient (Wildman–Crippen LogP) is 4.73. The highest BCUT2D eigenvalue weighted by molar-refractivity contribution is 6.30. The molecule has 2 aromatic rings. The number of benzene rings is 1. The van der Waals surface area contributed by atoms with Crippen LogP contribution in [0, 0.1) is 0 Å². The molecule has 1 heterocycles. The first-order chi connectivity index (χ1) is 9.60. The van der Waals surface area contributed by atoms with E-state index < -0.39 is 0 Å². The van der Waals surface area contributed by atoms with E-state index in [1.54, 1.807) is 0 Å². The van der Waals surface area contributed by atoms with Crippen molar-refractivity contribution in [2.45, 2.75) is 26.3 Å². The number of hydrogen-bond acceptors (Lipinski definition) is 3. The molecule has 0 fully saturated rings. The third kappa shape index (κ3) is 3.58. The minimum atomic E-state index is 0.192. The third-order valence-electron chi connectivity index (χ3n) is 3.10. The minimum Gasteiger partial charge on any atom is -0.362 e. The standard InChI is InChI=1S/C16H18ClN3/c1-4-14(12-5-7-13(17)8-6-12)18-16-10-9-15(11(2)3)19-20-16/h5-10,14H,2,4H2,1,3H3,(H,18,20)/t14-/m0/s1. The zero-order chi connectivity index (χ0) is 14.5. The molecule has 2 rings (SSSR count). The molecule has 0 bridgehead atoms. The first-order valence-corrected chi connectivity index (χ1v) is 6.99. The van der Waals surface area contributed by atoms with Crippen molar-refractivity contribution in [2.75, 3.05) is 5.32 Å². The zero-order valence-corrected chi connectivity index (χ0v) is 12.5. The summed E-state index contributed by atoms with van der Waals surface area (Å²) in [5.74, 6) is 0.761. The fourth-order valence-electron chi connectivity index (χ4n) is 1.93. The average Bonchev–Trinajstić information content (AvgIpc) is 2.46. The molecular formula is C16H18ClN3. The lowest BCUT2D eigenvalue weighted by Gasteiger charge is -2.18. The highest BCUT2D eigenvalue weighted by atomic mass is 35.5. The third-order valence-corrected chi connectivity index (χ3v) is 3.36. The quantitative estimate of drug-likeness (QED) is 0.864. The molecule has 1 aromatic carbocycles. The van der Waals surface area contributed by atoms with E-state index in [-0.39, 0.29) is 6.04 Å². The zero-order valence-electron chi connectivity index (χ0n) is 11.7. The van der Waals surface area contributed by atoms with Crippen LogP contribution in [-0.4, -0.2) is 10.2 Å². The van der Waals surface area contributed by atoms with Gasteiger partial charge in [0.05, 0.1) is 11.7 Å². The van der Waals surface area contributed by atoms with Crippen LogP contribution in [0.2, 0.25) is 5.02 Å². The summed E-state index contributed by atoms with van der Waals surface area (Å²) in [4.78, 5) is 0. The largest absolute Gasteiger partial charge is 0.362 e. The van der Waals surface area contributed by atoms with Gasteiger partial charge in [-0.15, -0.1) is 10.2 Å². The minimum absolute atomic E-state index is 0.192. The molecule has 0 saturated heterocycles. The molecule has 1 N–H and O–H groups in total. The van der Waals surface area contributed by atoms with Gasteiger partial charge in [0.2, 0.25) is 0 Å². The first-order valence-electron chi connectivity index (χ1n) is 6.61. The summed E-state index contributed by atoms with van der Waals surface area (Å²) in [6, 6.07) is 11.9. The van der Waals surface area contributed by atoms with Crippen molar-refractivity contribution in [1.29, 1.82) is 0 Å². The van der Waals surface area contributed by atoms with Crippen molar-refractivity contribution in [3.63, 3.8) is 0 Å². The van der Waals surface area contributed by atoms with E-state index in [4.69, 9.17) is 11.6 Å². The van der Waals surface area contributed by atoms with Gasteiger partial charge in [0, 0.05) is 5.02 Å². The van der Waals surface area contributed by atoms with Crippen molar-refractivity contribution >= 4 is 23.0 Å². The first kappa shape index (κ1) is 14.5. The highest BCUT2D eigenvalue weighted by Crippen LogP contribution is 2.23. The number of rotatable bonds is 5. The highest BCUT2D eigenvalue weighted by Gasteiger charge is 2.10. The fraction of sp³-hybridized carbons (Fsp3) is 0.250. The lowest BCUT2D eigenvalue weighted by atomic mass is 10.0. The topological polar surface area (TPSA) is 37.8 Å². The molecule has 0 saturated carbocycles. The maximum Gasteiger partial charge on any atom is 0.149 e. The van der Waals surface area contributed by atoms with Gasteiger partial charge >= 0.3 is 0 Å². The fourth-order valence-corrected chi connectivity index (χ4v) is 2.06. The van der Waals surface area contributed by atoms with Gasteiger partial charge in [0.25, 0.3) is 0 Å². The molecule has 0 spiro atoms. The summed E-state index contributed by atoms with van der Waals surface area (Å²) in [7, 11) is 0. The lowest BCUT2D eigenvalue weighted by molar-refractivity contribution is 0.740. The van der Waals surface area contributed by atoms with E-state index in [0.717, 1.165) is 28.5 Å². The van der Waals surface area contributed by atoms with Gasteiger partial charge in [0.1, 0.15) is 5.82 Å². The number of nitrogens with one attached hydrogen (secondary N) is 1. The summed E-state index contributed by atoms with van der Waals surface area (Å²) in [5, 5.41) is 12.5. The molecule has 0 aliphatic carbocycles. The summed E-state index contributed by atoms with van der Waals surface area (Å²) in [6.45, 7) is 7.90. The SMILES string of the molecule is C=C(C)c1ccc(N[C@@H](CC)c2ccc(Cl)cc2)nn1. The van der Waals surface area contributed by atoms with Crippen LogP contribution in [0.1, 0.15) is 37.6 Å². The number of anilines is 1. The maximum absolute atomic E-state index is 5.92. The Balaban J connectivity index is 2.13. The van der Waals surface area contributed by atoms with Crippen LogP contribution in [0.5, 0.6) is 0 Å². The molecule has 104 valence electrons. The molecule has 0 radical (unpaired) electrons. The lowest BCUT2D eigenvalue weighted by Crippen LogP contribution is -2.11. The predicted molar refractivity (Wildman–Crippen MR) is 84.8 cm³/mol.